The smallest absolute Gasteiger partial charge is 0.233 e. The van der Waals surface area contributed by atoms with Crippen LogP contribution in [0.1, 0.15) is 6.42 Å². The van der Waals surface area contributed by atoms with Crippen LogP contribution in [0.5, 0.6) is 0 Å². The molecule has 0 bridgehead atoms. The van der Waals surface area contributed by atoms with E-state index in [1.807, 2.05) is 0 Å². The van der Waals surface area contributed by atoms with E-state index in [9.17, 15) is 9.59 Å². The van der Waals surface area contributed by atoms with Gasteiger partial charge in [0, 0.05) is 13.0 Å². The molecule has 0 spiro atoms. The fraction of sp³-hybridized carbons (Fsp3) is 0.600. The van der Waals surface area contributed by atoms with E-state index < -0.39 is 5.91 Å². The zero-order valence-corrected chi connectivity index (χ0v) is 6.82. The topological polar surface area (TPSA) is 98.2 Å². The van der Waals surface area contributed by atoms with Gasteiger partial charge >= 0.3 is 0 Å². The molecule has 0 atom stereocenters. The summed E-state index contributed by atoms with van der Waals surface area (Å²) in [4.78, 5) is 20.5. The third kappa shape index (κ3) is 9.19. The minimum absolute atomic E-state index is 0. The van der Waals surface area contributed by atoms with E-state index in [1.54, 1.807) is 0 Å². The average molecular weight is 182 g/mol. The van der Waals surface area contributed by atoms with Gasteiger partial charge in [0.15, 0.2) is 0 Å². The number of halogens is 1. The molecule has 0 aromatic heterocycles. The highest BCUT2D eigenvalue weighted by Gasteiger charge is 1.96. The Balaban J connectivity index is 0. The summed E-state index contributed by atoms with van der Waals surface area (Å²) < 4.78 is 0. The van der Waals surface area contributed by atoms with Crippen molar-refractivity contribution in [2.24, 2.45) is 11.5 Å². The summed E-state index contributed by atoms with van der Waals surface area (Å²) >= 11 is 0. The molecule has 0 radical (unpaired) electrons. The van der Waals surface area contributed by atoms with Crippen LogP contribution in [0.4, 0.5) is 0 Å². The number of carbonyl (C=O) groups excluding carboxylic acids is 2. The number of hydrogen-bond donors (Lipinski definition) is 3. The van der Waals surface area contributed by atoms with Crippen molar-refractivity contribution in [3.05, 3.63) is 0 Å². The minimum atomic E-state index is -0.433. The van der Waals surface area contributed by atoms with Gasteiger partial charge in [0.2, 0.25) is 11.8 Å². The van der Waals surface area contributed by atoms with Crippen LogP contribution in [0.15, 0.2) is 0 Å². The Labute approximate surface area is 70.9 Å². The molecule has 6 heteroatoms. The maximum absolute atomic E-state index is 10.4. The van der Waals surface area contributed by atoms with Gasteiger partial charge in [-0.25, -0.2) is 0 Å². The second-order valence-electron chi connectivity index (χ2n) is 1.77. The molecule has 0 aliphatic rings. The molecule has 5 nitrogen and oxygen atoms in total. The summed E-state index contributed by atoms with van der Waals surface area (Å²) in [7, 11) is 0. The van der Waals surface area contributed by atoms with Crippen molar-refractivity contribution in [2.75, 3.05) is 13.1 Å². The van der Waals surface area contributed by atoms with Gasteiger partial charge in [-0.1, -0.05) is 0 Å². The largest absolute Gasteiger partial charge is 0.370 e. The second kappa shape index (κ2) is 7.30. The molecule has 0 aromatic carbocycles. The van der Waals surface area contributed by atoms with E-state index >= 15 is 0 Å². The summed E-state index contributed by atoms with van der Waals surface area (Å²) in [5, 5.41) is 2.40. The molecule has 0 unspecified atom stereocenters. The van der Waals surface area contributed by atoms with Crippen LogP contribution in [0.2, 0.25) is 0 Å². The molecule has 0 aromatic rings. The first-order valence-electron chi connectivity index (χ1n) is 2.92. The Morgan fingerprint density at radius 3 is 2.27 bits per heavy atom. The highest BCUT2D eigenvalue weighted by molar-refractivity contribution is 5.85. The normalized spacial score (nSPS) is 8.09. The van der Waals surface area contributed by atoms with Gasteiger partial charge in [-0.05, 0) is 0 Å². The van der Waals surface area contributed by atoms with Crippen molar-refractivity contribution in [3.63, 3.8) is 0 Å². The molecule has 0 saturated carbocycles. The van der Waals surface area contributed by atoms with Gasteiger partial charge in [0.05, 0.1) is 6.54 Å². The quantitative estimate of drug-likeness (QED) is 0.485. The van der Waals surface area contributed by atoms with Crippen molar-refractivity contribution in [1.82, 2.24) is 5.32 Å². The number of nitrogens with one attached hydrogen (secondary N) is 1. The van der Waals surface area contributed by atoms with Crippen LogP contribution in [-0.2, 0) is 9.59 Å². The molecule has 66 valence electrons. The first-order chi connectivity index (χ1) is 4.66. The van der Waals surface area contributed by atoms with Crippen LogP contribution in [0.25, 0.3) is 0 Å². The van der Waals surface area contributed by atoms with Crippen molar-refractivity contribution >= 4 is 24.2 Å². The number of primary amides is 1. The van der Waals surface area contributed by atoms with Crippen molar-refractivity contribution in [1.29, 1.82) is 0 Å². The Hall–Kier alpha value is -0.810. The molecule has 11 heavy (non-hydrogen) atoms. The lowest BCUT2D eigenvalue weighted by Gasteiger charge is -1.98. The molecular formula is C5H12ClN3O2. The molecule has 2 amide bonds. The van der Waals surface area contributed by atoms with E-state index in [0.717, 1.165) is 0 Å². The summed E-state index contributed by atoms with van der Waals surface area (Å²) in [6, 6.07) is 0. The van der Waals surface area contributed by atoms with Gasteiger partial charge in [-0.15, -0.1) is 12.4 Å². The molecule has 5 N–H and O–H groups in total. The van der Waals surface area contributed by atoms with Crippen LogP contribution in [0, 0.1) is 0 Å². The maximum Gasteiger partial charge on any atom is 0.233 e. The summed E-state index contributed by atoms with van der Waals surface area (Å²) in [6.45, 7) is 0.212. The predicted molar refractivity (Wildman–Crippen MR) is 43.1 cm³/mol. The fourth-order valence-electron chi connectivity index (χ4n) is 0.397. The van der Waals surface area contributed by atoms with Crippen LogP contribution in [-0.4, -0.2) is 24.9 Å². The van der Waals surface area contributed by atoms with Crippen LogP contribution < -0.4 is 16.8 Å². The Morgan fingerprint density at radius 1 is 1.36 bits per heavy atom. The standard InChI is InChI=1S/C5H11N3O2.ClH/c6-3-5(10)8-2-1-4(7)9;/h1-3,6H2,(H2,7,9)(H,8,10);1H. The molecule has 0 rings (SSSR count). The molecule has 0 heterocycles. The van der Waals surface area contributed by atoms with Crippen molar-refractivity contribution < 1.29 is 9.59 Å². The summed E-state index contributed by atoms with van der Waals surface area (Å²) in [5.74, 6) is -0.710. The van der Waals surface area contributed by atoms with Crippen molar-refractivity contribution in [3.8, 4) is 0 Å². The SMILES string of the molecule is Cl.NCC(=O)NCCC(N)=O. The number of rotatable bonds is 4. The molecule has 0 aliphatic carbocycles. The second-order valence-corrected chi connectivity index (χ2v) is 1.77. The third-order valence-electron chi connectivity index (χ3n) is 0.879. The summed E-state index contributed by atoms with van der Waals surface area (Å²) in [6.07, 6.45) is 0.158. The van der Waals surface area contributed by atoms with Gasteiger partial charge in [-0.2, -0.15) is 0 Å². The zero-order chi connectivity index (χ0) is 7.98. The number of nitrogens with two attached hydrogens (primary N) is 2. The lowest BCUT2D eigenvalue weighted by Crippen LogP contribution is -2.32. The van der Waals surface area contributed by atoms with E-state index in [1.165, 1.54) is 0 Å². The Morgan fingerprint density at radius 2 is 1.91 bits per heavy atom. The Kier molecular flexibility index (Phi) is 8.51. The van der Waals surface area contributed by atoms with Gasteiger partial charge in [0.25, 0.3) is 0 Å². The monoisotopic (exact) mass is 181 g/mol. The minimum Gasteiger partial charge on any atom is -0.370 e. The van der Waals surface area contributed by atoms with Crippen LogP contribution >= 0.6 is 12.4 Å². The highest BCUT2D eigenvalue weighted by atomic mass is 35.5. The first-order valence-corrected chi connectivity index (χ1v) is 2.92. The lowest BCUT2D eigenvalue weighted by molar-refractivity contribution is -0.120. The third-order valence-corrected chi connectivity index (χ3v) is 0.879. The number of hydrogen-bond acceptors (Lipinski definition) is 3. The summed E-state index contributed by atoms with van der Waals surface area (Å²) in [5.41, 5.74) is 9.76. The predicted octanol–water partition coefficient (Wildman–Crippen LogP) is -1.64. The van der Waals surface area contributed by atoms with Gasteiger partial charge in [-0.3, -0.25) is 9.59 Å². The molecular weight excluding hydrogens is 170 g/mol. The van der Waals surface area contributed by atoms with Gasteiger partial charge < -0.3 is 16.8 Å². The molecule has 0 saturated heterocycles. The molecule has 0 aliphatic heterocycles. The number of amides is 2. The van der Waals surface area contributed by atoms with E-state index in [0.29, 0.717) is 0 Å². The van der Waals surface area contributed by atoms with Gasteiger partial charge in [0.1, 0.15) is 0 Å². The molecule has 0 fully saturated rings. The van der Waals surface area contributed by atoms with Crippen LogP contribution in [0.3, 0.4) is 0 Å². The zero-order valence-electron chi connectivity index (χ0n) is 6.00. The first kappa shape index (κ1) is 12.8. The lowest BCUT2D eigenvalue weighted by atomic mass is 10.4. The van der Waals surface area contributed by atoms with E-state index in [2.05, 4.69) is 5.32 Å². The fourth-order valence-corrected chi connectivity index (χ4v) is 0.397. The Bertz CT molecular complexity index is 140. The van der Waals surface area contributed by atoms with Crippen molar-refractivity contribution in [2.45, 2.75) is 6.42 Å². The maximum atomic E-state index is 10.4. The number of carbonyl (C=O) groups is 2. The van der Waals surface area contributed by atoms with E-state index in [4.69, 9.17) is 11.5 Å². The van der Waals surface area contributed by atoms with E-state index in [-0.39, 0.29) is 37.8 Å². The average Bonchev–Trinajstić information content (AvgIpc) is 1.87. The highest BCUT2D eigenvalue weighted by Crippen LogP contribution is 1.71.